The summed E-state index contributed by atoms with van der Waals surface area (Å²) in [6.07, 6.45) is 5.56. The van der Waals surface area contributed by atoms with E-state index in [1.165, 1.54) is 12.1 Å². The summed E-state index contributed by atoms with van der Waals surface area (Å²) in [5, 5.41) is 7.87. The first kappa shape index (κ1) is 19.5. The van der Waals surface area contributed by atoms with Crippen molar-refractivity contribution < 1.29 is 13.5 Å². The maximum atomic E-state index is 13.7. The lowest BCUT2D eigenvalue weighted by atomic mass is 10.1. The molecule has 3 aromatic heterocycles. The fourth-order valence-electron chi connectivity index (χ4n) is 4.06. The van der Waals surface area contributed by atoms with Crippen LogP contribution in [0.25, 0.3) is 33.6 Å². The van der Waals surface area contributed by atoms with Crippen molar-refractivity contribution in [2.75, 3.05) is 0 Å². The van der Waals surface area contributed by atoms with E-state index < -0.39 is 6.61 Å². The van der Waals surface area contributed by atoms with Crippen molar-refractivity contribution in [3.05, 3.63) is 83.0 Å². The highest BCUT2D eigenvalue weighted by atomic mass is 19.3. The topological polar surface area (TPSA) is 74.3 Å². The second kappa shape index (κ2) is 7.47. The molecule has 9 heteroatoms. The van der Waals surface area contributed by atoms with E-state index in [2.05, 4.69) is 19.9 Å². The van der Waals surface area contributed by atoms with Crippen molar-refractivity contribution in [3.63, 3.8) is 0 Å². The largest absolute Gasteiger partial charge is 0.435 e. The first-order valence-electron chi connectivity index (χ1n) is 10.5. The lowest BCUT2D eigenvalue weighted by Gasteiger charge is -2.14. The average Bonchev–Trinajstić information content (AvgIpc) is 3.56. The van der Waals surface area contributed by atoms with Crippen molar-refractivity contribution in [1.82, 2.24) is 24.1 Å². The minimum absolute atomic E-state index is 0.0251. The molecule has 0 spiro atoms. The van der Waals surface area contributed by atoms with Crippen molar-refractivity contribution in [2.45, 2.75) is 25.4 Å². The number of hydrogen-bond acceptors (Lipinski definition) is 5. The number of rotatable bonds is 5. The van der Waals surface area contributed by atoms with Gasteiger partial charge in [-0.2, -0.15) is 8.78 Å². The third-order valence-corrected chi connectivity index (χ3v) is 5.81. The van der Waals surface area contributed by atoms with Gasteiger partial charge >= 0.3 is 6.61 Å². The summed E-state index contributed by atoms with van der Waals surface area (Å²) in [5.74, 6) is 0.521. The lowest BCUT2D eigenvalue weighted by Crippen LogP contribution is -2.22. The van der Waals surface area contributed by atoms with Crippen LogP contribution in [-0.2, 0) is 0 Å². The molecule has 1 aliphatic rings. The van der Waals surface area contributed by atoms with Crippen LogP contribution in [-0.4, -0.2) is 30.8 Å². The van der Waals surface area contributed by atoms with Gasteiger partial charge in [-0.3, -0.25) is 13.8 Å². The molecule has 6 rings (SSSR count). The van der Waals surface area contributed by atoms with Crippen LogP contribution in [0.2, 0.25) is 0 Å². The van der Waals surface area contributed by atoms with Crippen LogP contribution in [0.4, 0.5) is 8.78 Å². The molecular formula is C24H17F2N5O2. The van der Waals surface area contributed by atoms with Gasteiger partial charge in [0.2, 0.25) is 0 Å². The number of pyridine rings is 1. The van der Waals surface area contributed by atoms with Crippen LogP contribution in [0.5, 0.6) is 5.75 Å². The van der Waals surface area contributed by atoms with E-state index in [-0.39, 0.29) is 17.0 Å². The second-order valence-corrected chi connectivity index (χ2v) is 8.01. The summed E-state index contributed by atoms with van der Waals surface area (Å²) >= 11 is 0. The van der Waals surface area contributed by atoms with Crippen molar-refractivity contribution >= 4 is 16.7 Å². The van der Waals surface area contributed by atoms with Crippen LogP contribution in [0, 0.1) is 0 Å². The number of ether oxygens (including phenoxy) is 1. The summed E-state index contributed by atoms with van der Waals surface area (Å²) in [5.41, 5.74) is 4.25. The Labute approximate surface area is 185 Å². The molecule has 0 bridgehead atoms. The third-order valence-electron chi connectivity index (χ3n) is 5.81. The van der Waals surface area contributed by atoms with E-state index in [9.17, 15) is 13.6 Å². The van der Waals surface area contributed by atoms with Crippen molar-refractivity contribution in [1.29, 1.82) is 0 Å². The highest BCUT2D eigenvalue weighted by Gasteiger charge is 2.25. The van der Waals surface area contributed by atoms with Gasteiger partial charge < -0.3 is 4.74 Å². The number of alkyl halides is 2. The molecule has 7 nitrogen and oxygen atoms in total. The van der Waals surface area contributed by atoms with Gasteiger partial charge in [0.15, 0.2) is 5.65 Å². The zero-order chi connectivity index (χ0) is 22.5. The van der Waals surface area contributed by atoms with Crippen molar-refractivity contribution in [2.24, 2.45) is 0 Å². The van der Waals surface area contributed by atoms with E-state index in [4.69, 9.17) is 0 Å². The molecule has 164 valence electrons. The standard InChI is InChI=1S/C24H17F2N5O2/c25-24(26)33-18-7-5-17(6-8-18)31-20-11-15(14-1-2-14)3-9-19(20)28-22(23(31)32)16-4-10-21-29-27-13-30(21)12-16/h3-14,24H,1-2H2. The zero-order valence-corrected chi connectivity index (χ0v) is 17.2. The van der Waals surface area contributed by atoms with Gasteiger partial charge in [0.1, 0.15) is 17.8 Å². The normalized spacial score (nSPS) is 13.8. The number of hydrogen-bond donors (Lipinski definition) is 0. The predicted octanol–water partition coefficient (Wildman–Crippen LogP) is 4.57. The second-order valence-electron chi connectivity index (χ2n) is 8.01. The fraction of sp³-hybridized carbons (Fsp3) is 0.167. The number of fused-ring (bicyclic) bond motifs is 2. The molecule has 1 saturated carbocycles. The number of benzene rings is 2. The summed E-state index contributed by atoms with van der Waals surface area (Å²) in [6.45, 7) is -2.92. The van der Waals surface area contributed by atoms with E-state index in [1.54, 1.807) is 45.8 Å². The van der Waals surface area contributed by atoms with Gasteiger partial charge in [0.05, 0.1) is 11.0 Å². The molecular weight excluding hydrogens is 428 g/mol. The molecule has 0 N–H and O–H groups in total. The third kappa shape index (κ3) is 3.51. The number of halogens is 2. The Bertz CT molecular complexity index is 1560. The van der Waals surface area contributed by atoms with Crippen LogP contribution in [0.15, 0.2) is 71.9 Å². The van der Waals surface area contributed by atoms with E-state index in [1.807, 2.05) is 18.2 Å². The fourth-order valence-corrected chi connectivity index (χ4v) is 4.06. The number of nitrogens with zero attached hydrogens (tertiary/aromatic N) is 5. The van der Waals surface area contributed by atoms with Gasteiger partial charge in [-0.25, -0.2) is 4.98 Å². The lowest BCUT2D eigenvalue weighted by molar-refractivity contribution is -0.0498. The Hall–Kier alpha value is -4.14. The maximum absolute atomic E-state index is 13.7. The smallest absolute Gasteiger partial charge is 0.387 e. The molecule has 1 fully saturated rings. The monoisotopic (exact) mass is 445 g/mol. The molecule has 0 radical (unpaired) electrons. The summed E-state index contributed by atoms with van der Waals surface area (Å²) < 4.78 is 32.9. The Morgan fingerprint density at radius 3 is 2.61 bits per heavy atom. The minimum atomic E-state index is -2.92. The van der Waals surface area contributed by atoms with E-state index in [0.29, 0.717) is 33.8 Å². The molecule has 0 aliphatic heterocycles. The summed E-state index contributed by atoms with van der Waals surface area (Å²) in [6, 6.07) is 15.6. The Balaban J connectivity index is 1.58. The molecule has 0 unspecified atom stereocenters. The molecule has 33 heavy (non-hydrogen) atoms. The Kier molecular flexibility index (Phi) is 4.42. The highest BCUT2D eigenvalue weighted by molar-refractivity contribution is 5.81. The predicted molar refractivity (Wildman–Crippen MR) is 118 cm³/mol. The summed E-state index contributed by atoms with van der Waals surface area (Å²) in [7, 11) is 0. The van der Waals surface area contributed by atoms with Crippen LogP contribution >= 0.6 is 0 Å². The van der Waals surface area contributed by atoms with Crippen LogP contribution < -0.4 is 10.3 Å². The Morgan fingerprint density at radius 2 is 1.85 bits per heavy atom. The number of aromatic nitrogens is 5. The van der Waals surface area contributed by atoms with E-state index >= 15 is 0 Å². The molecule has 3 heterocycles. The van der Waals surface area contributed by atoms with Gasteiger partial charge in [-0.05, 0) is 72.9 Å². The molecule has 0 saturated heterocycles. The van der Waals surface area contributed by atoms with Gasteiger partial charge in [-0.1, -0.05) is 6.07 Å². The average molecular weight is 445 g/mol. The highest BCUT2D eigenvalue weighted by Crippen LogP contribution is 2.41. The first-order valence-corrected chi connectivity index (χ1v) is 10.5. The van der Waals surface area contributed by atoms with Crippen molar-refractivity contribution in [3.8, 4) is 22.7 Å². The van der Waals surface area contributed by atoms with Crippen LogP contribution in [0.3, 0.4) is 0 Å². The quantitative estimate of drug-likeness (QED) is 0.396. The Morgan fingerprint density at radius 1 is 1.03 bits per heavy atom. The first-order chi connectivity index (χ1) is 16.1. The SMILES string of the molecule is O=c1c(-c2ccc3nncn3c2)nc2ccc(C3CC3)cc2n1-c1ccc(OC(F)F)cc1. The maximum Gasteiger partial charge on any atom is 0.387 e. The summed E-state index contributed by atoms with van der Waals surface area (Å²) in [4.78, 5) is 18.4. The van der Waals surface area contributed by atoms with E-state index in [0.717, 1.165) is 18.4 Å². The molecule has 1 aliphatic carbocycles. The molecule has 5 aromatic rings. The van der Waals surface area contributed by atoms with Gasteiger partial charge in [0.25, 0.3) is 5.56 Å². The molecule has 0 atom stereocenters. The minimum Gasteiger partial charge on any atom is -0.435 e. The molecule has 0 amide bonds. The van der Waals surface area contributed by atoms with Crippen LogP contribution in [0.1, 0.15) is 24.3 Å². The van der Waals surface area contributed by atoms with Gasteiger partial charge in [0, 0.05) is 17.4 Å². The molecule has 2 aromatic carbocycles. The van der Waals surface area contributed by atoms with Gasteiger partial charge in [-0.15, -0.1) is 10.2 Å². The zero-order valence-electron chi connectivity index (χ0n) is 17.2.